The molecule has 4 N–H and O–H groups in total. The van der Waals surface area contributed by atoms with E-state index in [1.807, 2.05) is 23.1 Å². The van der Waals surface area contributed by atoms with Gasteiger partial charge in [0, 0.05) is 55.2 Å². The molecule has 5 rings (SSSR count). The Kier molecular flexibility index (Phi) is 5.45. The number of likely N-dealkylation sites (tertiary alicyclic amines) is 1. The Hall–Kier alpha value is -3.16. The number of hydrogen-bond acceptors (Lipinski definition) is 4. The molecule has 1 atom stereocenters. The molecule has 3 heterocycles. The first kappa shape index (κ1) is 20.7. The van der Waals surface area contributed by atoms with Crippen LogP contribution < -0.4 is 11.5 Å². The molecule has 0 saturated carbocycles. The van der Waals surface area contributed by atoms with E-state index < -0.39 is 0 Å². The van der Waals surface area contributed by atoms with E-state index in [0.717, 1.165) is 48.5 Å². The number of aryl methyl sites for hydroxylation is 1. The summed E-state index contributed by atoms with van der Waals surface area (Å²) in [5.41, 5.74) is 16.8. The molecule has 2 aromatic carbocycles. The molecular weight excluding hydrogens is 400 g/mol. The van der Waals surface area contributed by atoms with Crippen molar-refractivity contribution in [1.82, 2.24) is 19.0 Å². The molecule has 166 valence electrons. The van der Waals surface area contributed by atoms with Gasteiger partial charge in [0.2, 0.25) is 0 Å². The normalized spacial score (nSPS) is 16.8. The number of para-hydroxylation sites is 1. The highest BCUT2D eigenvalue weighted by Gasteiger charge is 2.24. The van der Waals surface area contributed by atoms with Crippen molar-refractivity contribution >= 4 is 27.8 Å². The number of rotatable bonds is 5. The number of carbonyl (C=O) groups excluding carboxylic acids is 1. The van der Waals surface area contributed by atoms with Gasteiger partial charge in [0.05, 0.1) is 16.7 Å². The summed E-state index contributed by atoms with van der Waals surface area (Å²) in [5, 5.41) is 1.19. The molecule has 0 bridgehead atoms. The Morgan fingerprint density at radius 3 is 2.75 bits per heavy atom. The first-order valence-corrected chi connectivity index (χ1v) is 11.4. The minimum absolute atomic E-state index is 0.0275. The van der Waals surface area contributed by atoms with Gasteiger partial charge in [-0.2, -0.15) is 0 Å². The second-order valence-electron chi connectivity index (χ2n) is 8.57. The van der Waals surface area contributed by atoms with Crippen molar-refractivity contribution in [2.24, 2.45) is 11.5 Å². The zero-order chi connectivity index (χ0) is 22.2. The molecule has 32 heavy (non-hydrogen) atoms. The molecule has 2 aromatic heterocycles. The summed E-state index contributed by atoms with van der Waals surface area (Å²) in [5.74, 6) is 0.910. The number of aromatic nitrogens is 3. The Morgan fingerprint density at radius 2 is 1.97 bits per heavy atom. The highest BCUT2D eigenvalue weighted by Crippen LogP contribution is 2.31. The second-order valence-corrected chi connectivity index (χ2v) is 8.57. The lowest BCUT2D eigenvalue weighted by atomic mass is 10.1. The summed E-state index contributed by atoms with van der Waals surface area (Å²) in [6.07, 6.45) is 1.92. The van der Waals surface area contributed by atoms with Gasteiger partial charge in [-0.05, 0) is 50.1 Å². The van der Waals surface area contributed by atoms with E-state index in [1.165, 1.54) is 10.9 Å². The van der Waals surface area contributed by atoms with Crippen LogP contribution in [0.15, 0.2) is 48.5 Å². The van der Waals surface area contributed by atoms with Crippen molar-refractivity contribution in [3.05, 3.63) is 54.1 Å². The number of nitrogens with zero attached hydrogens (tertiary/aromatic N) is 4. The van der Waals surface area contributed by atoms with Crippen molar-refractivity contribution in [1.29, 1.82) is 0 Å². The summed E-state index contributed by atoms with van der Waals surface area (Å²) in [7, 11) is 0. The lowest BCUT2D eigenvalue weighted by Crippen LogP contribution is -2.45. The molecule has 0 spiro atoms. The molecule has 1 aliphatic rings. The van der Waals surface area contributed by atoms with Crippen LogP contribution in [0.1, 0.15) is 30.1 Å². The lowest BCUT2D eigenvalue weighted by Gasteiger charge is -2.30. The van der Waals surface area contributed by atoms with Gasteiger partial charge in [0.15, 0.2) is 5.82 Å². The van der Waals surface area contributed by atoms with E-state index in [0.29, 0.717) is 25.2 Å². The quantitative estimate of drug-likeness (QED) is 0.508. The summed E-state index contributed by atoms with van der Waals surface area (Å²) in [6.45, 7) is 5.52. The standard InChI is InChI=1S/C25H30N6O/c1-2-30-21-8-4-3-6-17(21)15-23(30)24-28-20-14-18(9-10-22(20)31(24)13-11-26)25(32)29-12-5-7-19(27)16-29/h3-4,6,8-10,14-15,19H,2,5,7,11-13,16,26-27H2,1H3. The zero-order valence-electron chi connectivity index (χ0n) is 18.5. The number of imidazole rings is 1. The number of piperidine rings is 1. The number of fused-ring (bicyclic) bond motifs is 2. The van der Waals surface area contributed by atoms with Crippen LogP contribution in [0.4, 0.5) is 0 Å². The van der Waals surface area contributed by atoms with Crippen LogP contribution in [0.2, 0.25) is 0 Å². The average molecular weight is 431 g/mol. The fourth-order valence-electron chi connectivity index (χ4n) is 4.93. The average Bonchev–Trinajstić information content (AvgIpc) is 3.36. The minimum Gasteiger partial charge on any atom is -0.338 e. The molecule has 0 aliphatic carbocycles. The molecule has 7 nitrogen and oxygen atoms in total. The Labute approximate surface area is 187 Å². The molecule has 1 aliphatic heterocycles. The molecule has 1 fully saturated rings. The van der Waals surface area contributed by atoms with Crippen LogP contribution in [-0.4, -0.2) is 50.6 Å². The van der Waals surface area contributed by atoms with Crippen molar-refractivity contribution in [2.75, 3.05) is 19.6 Å². The van der Waals surface area contributed by atoms with Crippen molar-refractivity contribution in [3.8, 4) is 11.5 Å². The molecule has 4 aromatic rings. The van der Waals surface area contributed by atoms with E-state index in [2.05, 4.69) is 46.4 Å². The highest BCUT2D eigenvalue weighted by molar-refractivity contribution is 5.98. The monoisotopic (exact) mass is 430 g/mol. The van der Waals surface area contributed by atoms with Gasteiger partial charge in [-0.1, -0.05) is 18.2 Å². The van der Waals surface area contributed by atoms with E-state index in [9.17, 15) is 4.79 Å². The van der Waals surface area contributed by atoms with Crippen LogP contribution in [0.5, 0.6) is 0 Å². The fourth-order valence-corrected chi connectivity index (χ4v) is 4.93. The number of amides is 1. The third-order valence-electron chi connectivity index (χ3n) is 6.45. The number of benzene rings is 2. The maximum absolute atomic E-state index is 13.1. The molecule has 1 unspecified atom stereocenters. The predicted molar refractivity (Wildman–Crippen MR) is 129 cm³/mol. The van der Waals surface area contributed by atoms with E-state index >= 15 is 0 Å². The summed E-state index contributed by atoms with van der Waals surface area (Å²) in [6, 6.07) is 16.4. The van der Waals surface area contributed by atoms with Crippen LogP contribution in [0.25, 0.3) is 33.5 Å². The van der Waals surface area contributed by atoms with Crippen LogP contribution in [0, 0.1) is 0 Å². The molecule has 0 radical (unpaired) electrons. The maximum Gasteiger partial charge on any atom is 0.253 e. The maximum atomic E-state index is 13.1. The fraction of sp³-hybridized carbons (Fsp3) is 0.360. The van der Waals surface area contributed by atoms with Gasteiger partial charge < -0.3 is 25.5 Å². The van der Waals surface area contributed by atoms with Crippen LogP contribution >= 0.6 is 0 Å². The zero-order valence-corrected chi connectivity index (χ0v) is 18.5. The van der Waals surface area contributed by atoms with Crippen molar-refractivity contribution < 1.29 is 4.79 Å². The van der Waals surface area contributed by atoms with E-state index in [1.54, 1.807) is 0 Å². The molecular formula is C25H30N6O. The highest BCUT2D eigenvalue weighted by atomic mass is 16.2. The summed E-state index contributed by atoms with van der Waals surface area (Å²) < 4.78 is 4.45. The van der Waals surface area contributed by atoms with Gasteiger partial charge in [-0.25, -0.2) is 4.98 Å². The van der Waals surface area contributed by atoms with Gasteiger partial charge in [0.25, 0.3) is 5.91 Å². The van der Waals surface area contributed by atoms with Crippen LogP contribution in [0.3, 0.4) is 0 Å². The second kappa shape index (κ2) is 8.41. The smallest absolute Gasteiger partial charge is 0.253 e. The summed E-state index contributed by atoms with van der Waals surface area (Å²) >= 11 is 0. The number of carbonyl (C=O) groups is 1. The Bertz CT molecular complexity index is 1290. The minimum atomic E-state index is 0.0275. The molecule has 1 saturated heterocycles. The third kappa shape index (κ3) is 3.47. The van der Waals surface area contributed by atoms with E-state index in [4.69, 9.17) is 16.5 Å². The van der Waals surface area contributed by atoms with Gasteiger partial charge >= 0.3 is 0 Å². The van der Waals surface area contributed by atoms with E-state index in [-0.39, 0.29) is 11.9 Å². The Morgan fingerprint density at radius 1 is 1.12 bits per heavy atom. The Balaban J connectivity index is 1.61. The molecule has 7 heteroatoms. The SMILES string of the molecule is CCn1c(-c2nc3cc(C(=O)N4CCCC(N)C4)ccc3n2CCN)cc2ccccc21. The number of hydrogen-bond donors (Lipinski definition) is 2. The third-order valence-corrected chi connectivity index (χ3v) is 6.45. The van der Waals surface area contributed by atoms with Crippen LogP contribution in [-0.2, 0) is 13.1 Å². The largest absolute Gasteiger partial charge is 0.338 e. The van der Waals surface area contributed by atoms with Gasteiger partial charge in [-0.3, -0.25) is 4.79 Å². The number of nitrogens with two attached hydrogens (primary N) is 2. The first-order chi connectivity index (χ1) is 15.6. The topological polar surface area (TPSA) is 95.1 Å². The predicted octanol–water partition coefficient (Wildman–Crippen LogP) is 3.20. The van der Waals surface area contributed by atoms with Gasteiger partial charge in [0.1, 0.15) is 0 Å². The molecule has 1 amide bonds. The first-order valence-electron chi connectivity index (χ1n) is 11.4. The lowest BCUT2D eigenvalue weighted by molar-refractivity contribution is 0.0709. The van der Waals surface area contributed by atoms with Crippen molar-refractivity contribution in [2.45, 2.75) is 38.9 Å². The summed E-state index contributed by atoms with van der Waals surface area (Å²) in [4.78, 5) is 20.0. The van der Waals surface area contributed by atoms with Crippen molar-refractivity contribution in [3.63, 3.8) is 0 Å². The van der Waals surface area contributed by atoms with Gasteiger partial charge in [-0.15, -0.1) is 0 Å².